The molecule has 11 heteroatoms. The first-order chi connectivity index (χ1) is 17.5. The minimum Gasteiger partial charge on any atom is -0.508 e. The zero-order valence-electron chi connectivity index (χ0n) is 20.7. The van der Waals surface area contributed by atoms with Crippen molar-refractivity contribution in [3.63, 3.8) is 0 Å². The number of phenolic OH excluding ortho intramolecular Hbond substituents is 1. The number of aliphatic hydroxyl groups excluding tert-OH is 2. The van der Waals surface area contributed by atoms with Crippen LogP contribution in [0.5, 0.6) is 5.75 Å². The molecule has 6 N–H and O–H groups in total. The Morgan fingerprint density at radius 2 is 1.86 bits per heavy atom. The molecule has 37 heavy (non-hydrogen) atoms. The summed E-state index contributed by atoms with van der Waals surface area (Å²) in [5.41, 5.74) is 2.63. The van der Waals surface area contributed by atoms with Crippen LogP contribution in [-0.4, -0.2) is 73.7 Å². The van der Waals surface area contributed by atoms with Gasteiger partial charge in [0, 0.05) is 35.5 Å². The molecule has 4 unspecified atom stereocenters. The molecule has 8 atom stereocenters. The highest BCUT2D eigenvalue weighted by Crippen LogP contribution is 2.58. The molecule has 0 heterocycles. The van der Waals surface area contributed by atoms with E-state index < -0.39 is 76.6 Å². The van der Waals surface area contributed by atoms with Crippen LogP contribution in [-0.2, 0) is 19.1 Å². The van der Waals surface area contributed by atoms with Gasteiger partial charge in [-0.1, -0.05) is 32.4 Å². The number of fused-ring (bicyclic) bond motifs is 3. The number of Topliss-reactive ketones (excluding diaryl/α,β-unsaturated/α-hetero) is 2. The second-order valence-electron chi connectivity index (χ2n) is 9.83. The zero-order valence-corrected chi connectivity index (χ0v) is 21.5. The lowest BCUT2D eigenvalue weighted by atomic mass is 9.51. The summed E-state index contributed by atoms with van der Waals surface area (Å²) in [6, 6.07) is 4.57. The van der Waals surface area contributed by atoms with Gasteiger partial charge >= 0.3 is 5.97 Å². The third-order valence-corrected chi connectivity index (χ3v) is 8.79. The summed E-state index contributed by atoms with van der Waals surface area (Å²) in [5, 5.41) is 45.1. The van der Waals surface area contributed by atoms with Crippen molar-refractivity contribution in [1.82, 2.24) is 0 Å². The molecule has 200 valence electrons. The number of hydrogen-bond donors (Lipinski definition) is 5. The summed E-state index contributed by atoms with van der Waals surface area (Å²) in [6.07, 6.45) is -0.993. The lowest BCUT2D eigenvalue weighted by Gasteiger charge is -2.56. The molecular formula is C26H31NO9S. The van der Waals surface area contributed by atoms with E-state index in [0.29, 0.717) is 11.3 Å². The van der Waals surface area contributed by atoms with Crippen molar-refractivity contribution in [2.45, 2.75) is 50.4 Å². The summed E-state index contributed by atoms with van der Waals surface area (Å²) in [6.45, 7) is 3.22. The Kier molecular flexibility index (Phi) is 7.17. The molecule has 0 radical (unpaired) electrons. The number of ketones is 2. The quantitative estimate of drug-likeness (QED) is 0.263. The SMILES string of the molecule is CCC(=O)O[C@H]1C2C(=C(O)[C@]3(O)C(=O)C(C(N)=O)C(O)[C@@H](CC)C13)C(=O)c1c(O)cccc1[C@@H]2CSC. The number of primary amides is 1. The summed E-state index contributed by atoms with van der Waals surface area (Å²) < 4.78 is 5.84. The van der Waals surface area contributed by atoms with Gasteiger partial charge in [-0.3, -0.25) is 19.2 Å². The molecule has 4 rings (SSSR count). The van der Waals surface area contributed by atoms with E-state index in [1.165, 1.54) is 17.8 Å². The molecule has 1 aromatic carbocycles. The molecule has 1 saturated carbocycles. The van der Waals surface area contributed by atoms with Crippen LogP contribution in [0, 0.1) is 23.7 Å². The Labute approximate surface area is 217 Å². The Morgan fingerprint density at radius 1 is 1.19 bits per heavy atom. The van der Waals surface area contributed by atoms with Crippen LogP contribution in [0.3, 0.4) is 0 Å². The van der Waals surface area contributed by atoms with Crippen LogP contribution in [0.25, 0.3) is 0 Å². The second kappa shape index (κ2) is 9.77. The number of hydrogen-bond acceptors (Lipinski definition) is 10. The van der Waals surface area contributed by atoms with Crippen LogP contribution in [0.2, 0.25) is 0 Å². The lowest BCUT2D eigenvalue weighted by molar-refractivity contribution is -0.203. The number of nitrogens with two attached hydrogens (primary N) is 1. The predicted octanol–water partition coefficient (Wildman–Crippen LogP) is 1.22. The minimum absolute atomic E-state index is 0.0465. The first-order valence-corrected chi connectivity index (χ1v) is 13.6. The number of thioether (sulfide) groups is 1. The van der Waals surface area contributed by atoms with Crippen molar-refractivity contribution in [2.24, 2.45) is 29.4 Å². The van der Waals surface area contributed by atoms with Crippen molar-refractivity contribution < 1.29 is 44.3 Å². The molecule has 10 nitrogen and oxygen atoms in total. The van der Waals surface area contributed by atoms with Gasteiger partial charge in [0.05, 0.1) is 11.7 Å². The van der Waals surface area contributed by atoms with Gasteiger partial charge in [0.2, 0.25) is 5.91 Å². The second-order valence-corrected chi connectivity index (χ2v) is 10.7. The number of carbonyl (C=O) groups excluding carboxylic acids is 4. The van der Waals surface area contributed by atoms with Crippen molar-refractivity contribution in [3.8, 4) is 5.75 Å². The largest absolute Gasteiger partial charge is 0.508 e. The van der Waals surface area contributed by atoms with Crippen LogP contribution in [0.1, 0.15) is 48.5 Å². The smallest absolute Gasteiger partial charge is 0.305 e. The number of benzene rings is 1. The molecule has 3 aliphatic rings. The Bertz CT molecular complexity index is 1200. The van der Waals surface area contributed by atoms with E-state index in [4.69, 9.17) is 10.5 Å². The molecular weight excluding hydrogens is 502 g/mol. The average Bonchev–Trinajstić information content (AvgIpc) is 2.85. The van der Waals surface area contributed by atoms with Gasteiger partial charge in [-0.05, 0) is 23.8 Å². The van der Waals surface area contributed by atoms with Gasteiger partial charge in [-0.25, -0.2) is 0 Å². The highest BCUT2D eigenvalue weighted by atomic mass is 32.2. The van der Waals surface area contributed by atoms with Crippen molar-refractivity contribution in [1.29, 1.82) is 0 Å². The maximum Gasteiger partial charge on any atom is 0.305 e. The van der Waals surface area contributed by atoms with Gasteiger partial charge in [-0.2, -0.15) is 11.8 Å². The van der Waals surface area contributed by atoms with E-state index in [1.54, 1.807) is 26.0 Å². The summed E-state index contributed by atoms with van der Waals surface area (Å²) >= 11 is 1.43. The summed E-state index contributed by atoms with van der Waals surface area (Å²) in [5.74, 6) is -10.6. The van der Waals surface area contributed by atoms with E-state index >= 15 is 0 Å². The third-order valence-electron chi connectivity index (χ3n) is 8.10. The number of phenols is 1. The van der Waals surface area contributed by atoms with Crippen molar-refractivity contribution in [3.05, 3.63) is 40.7 Å². The average molecular weight is 534 g/mol. The predicted molar refractivity (Wildman–Crippen MR) is 133 cm³/mol. The highest BCUT2D eigenvalue weighted by molar-refractivity contribution is 7.98. The van der Waals surface area contributed by atoms with Gasteiger partial charge in [-0.15, -0.1) is 0 Å². The topological polar surface area (TPSA) is 184 Å². The molecule has 0 aliphatic heterocycles. The highest BCUT2D eigenvalue weighted by Gasteiger charge is 2.70. The minimum atomic E-state index is -2.83. The molecule has 0 saturated heterocycles. The van der Waals surface area contributed by atoms with E-state index in [9.17, 15) is 39.6 Å². The Morgan fingerprint density at radius 3 is 2.43 bits per heavy atom. The van der Waals surface area contributed by atoms with Gasteiger partial charge in [0.25, 0.3) is 0 Å². The first kappa shape index (κ1) is 27.2. The number of aromatic hydroxyl groups is 1. The molecule has 1 aromatic rings. The lowest BCUT2D eigenvalue weighted by Crippen LogP contribution is -2.71. The molecule has 1 amide bonds. The number of rotatable bonds is 6. The summed E-state index contributed by atoms with van der Waals surface area (Å²) in [7, 11) is 0. The molecule has 0 bridgehead atoms. The summed E-state index contributed by atoms with van der Waals surface area (Å²) in [4.78, 5) is 52.3. The van der Waals surface area contributed by atoms with Crippen LogP contribution in [0.15, 0.2) is 29.5 Å². The van der Waals surface area contributed by atoms with Crippen molar-refractivity contribution >= 4 is 35.2 Å². The number of esters is 1. The normalized spacial score (nSPS) is 34.9. The van der Waals surface area contributed by atoms with Gasteiger partial charge < -0.3 is 30.9 Å². The van der Waals surface area contributed by atoms with Gasteiger partial charge in [0.15, 0.2) is 17.2 Å². The van der Waals surface area contributed by atoms with Crippen LogP contribution < -0.4 is 5.73 Å². The van der Waals surface area contributed by atoms with E-state index in [0.717, 1.165) is 0 Å². The van der Waals surface area contributed by atoms with Crippen molar-refractivity contribution in [2.75, 3.05) is 12.0 Å². The maximum absolute atomic E-state index is 13.8. The number of amides is 1. The van der Waals surface area contributed by atoms with Crippen LogP contribution >= 0.6 is 11.8 Å². The Balaban J connectivity index is 2.08. The first-order valence-electron chi connectivity index (χ1n) is 12.2. The number of aliphatic hydroxyl groups is 3. The van der Waals surface area contributed by atoms with Gasteiger partial charge in [0.1, 0.15) is 23.5 Å². The van der Waals surface area contributed by atoms with Crippen LogP contribution in [0.4, 0.5) is 0 Å². The van der Waals surface area contributed by atoms with E-state index in [-0.39, 0.29) is 29.7 Å². The van der Waals surface area contributed by atoms with E-state index in [1.807, 2.05) is 6.26 Å². The Hall–Kier alpha value is -2.89. The molecule has 0 spiro atoms. The van der Waals surface area contributed by atoms with E-state index in [2.05, 4.69) is 0 Å². The molecule has 3 aliphatic carbocycles. The standard InChI is InChI=1S/C26H31NO9S/c1-4-10-19-22(36-14(29)5-2)16-12(9-37-3)11-7-6-8-13(28)15(11)21(31)17(16)23(32)26(19,35)24(33)18(20(10)30)25(27)34/h6-8,10,12,16,18-20,22,28,30,32,35H,4-5,9H2,1-3H3,(H2,27,34)/t10-,12-,16?,18?,19?,20?,22-,26-/m0/s1. The fourth-order valence-corrected chi connectivity index (χ4v) is 7.26. The molecule has 0 aromatic heterocycles. The molecule has 1 fully saturated rings. The monoisotopic (exact) mass is 533 g/mol. The maximum atomic E-state index is 13.8. The zero-order chi connectivity index (χ0) is 27.4. The number of ether oxygens (including phenoxy) is 1. The fraction of sp³-hybridized carbons (Fsp3) is 0.538. The third kappa shape index (κ3) is 3.78. The fourth-order valence-electron chi connectivity index (χ4n) is 6.51. The number of carbonyl (C=O) groups is 4.